The van der Waals surface area contributed by atoms with E-state index in [0.29, 0.717) is 5.82 Å². The van der Waals surface area contributed by atoms with Crippen LogP contribution in [0.15, 0.2) is 6.20 Å². The fraction of sp³-hybridized carbons (Fsp3) is 0.333. The molecule has 0 aliphatic carbocycles. The van der Waals surface area contributed by atoms with Gasteiger partial charge in [-0.15, -0.1) is 0 Å². The predicted molar refractivity (Wildman–Crippen MR) is 47.8 cm³/mol. The van der Waals surface area contributed by atoms with Gasteiger partial charge in [-0.3, -0.25) is 0 Å². The van der Waals surface area contributed by atoms with Crippen LogP contribution in [0.25, 0.3) is 0 Å². The van der Waals surface area contributed by atoms with E-state index in [1.165, 1.54) is 6.20 Å². The molecule has 14 heavy (non-hydrogen) atoms. The van der Waals surface area contributed by atoms with Gasteiger partial charge in [-0.05, 0) is 0 Å². The summed E-state index contributed by atoms with van der Waals surface area (Å²) in [6.07, 6.45) is 1.24. The molecule has 0 bridgehead atoms. The van der Waals surface area contributed by atoms with E-state index in [0.717, 1.165) is 0 Å². The first kappa shape index (κ1) is 10.1. The van der Waals surface area contributed by atoms with E-state index >= 15 is 0 Å². The molecule has 0 fully saturated rings. The van der Waals surface area contributed by atoms with Gasteiger partial charge < -0.3 is 5.11 Å². The topological polar surface area (TPSA) is 86.9 Å². The highest BCUT2D eigenvalue weighted by Crippen LogP contribution is 2.11. The van der Waals surface area contributed by atoms with Gasteiger partial charge in [-0.25, -0.2) is 14.8 Å². The van der Waals surface area contributed by atoms with Gasteiger partial charge in [-0.2, -0.15) is 5.26 Å². The second-order valence-corrected chi connectivity index (χ2v) is 3.06. The predicted octanol–water partition coefficient (Wildman–Crippen LogP) is 1.17. The minimum absolute atomic E-state index is 0.0121. The van der Waals surface area contributed by atoms with Crippen LogP contribution in [0.2, 0.25) is 0 Å². The van der Waals surface area contributed by atoms with Crippen molar-refractivity contribution in [2.75, 3.05) is 0 Å². The number of carbonyl (C=O) groups is 1. The van der Waals surface area contributed by atoms with Gasteiger partial charge in [-0.1, -0.05) is 13.8 Å². The summed E-state index contributed by atoms with van der Waals surface area (Å²) >= 11 is 0. The zero-order valence-electron chi connectivity index (χ0n) is 7.85. The molecule has 1 heterocycles. The van der Waals surface area contributed by atoms with E-state index in [9.17, 15) is 4.79 Å². The van der Waals surface area contributed by atoms with Crippen LogP contribution >= 0.6 is 0 Å². The third-order valence-corrected chi connectivity index (χ3v) is 1.65. The quantitative estimate of drug-likeness (QED) is 0.758. The van der Waals surface area contributed by atoms with Gasteiger partial charge in [0, 0.05) is 12.1 Å². The van der Waals surface area contributed by atoms with Crippen molar-refractivity contribution in [1.82, 2.24) is 9.97 Å². The highest BCUT2D eigenvalue weighted by atomic mass is 16.4. The van der Waals surface area contributed by atoms with Crippen LogP contribution < -0.4 is 0 Å². The second-order valence-electron chi connectivity index (χ2n) is 3.06. The Labute approximate surface area is 81.0 Å². The Kier molecular flexibility index (Phi) is 2.77. The van der Waals surface area contributed by atoms with E-state index < -0.39 is 5.97 Å². The number of hydrogen-bond donors (Lipinski definition) is 1. The molecule has 1 rings (SSSR count). The van der Waals surface area contributed by atoms with Gasteiger partial charge in [0.2, 0.25) is 0 Å². The van der Waals surface area contributed by atoms with Crippen LogP contribution in [-0.2, 0) is 0 Å². The van der Waals surface area contributed by atoms with Gasteiger partial charge in [0.15, 0.2) is 5.69 Å². The molecule has 0 spiro atoms. The fourth-order valence-corrected chi connectivity index (χ4v) is 0.918. The molecule has 0 unspecified atom stereocenters. The molecular formula is C9H9N3O2. The lowest BCUT2D eigenvalue weighted by Crippen LogP contribution is -2.09. The van der Waals surface area contributed by atoms with Crippen molar-refractivity contribution < 1.29 is 9.90 Å². The second kappa shape index (κ2) is 3.83. The third kappa shape index (κ3) is 1.85. The van der Waals surface area contributed by atoms with Crippen LogP contribution in [-0.4, -0.2) is 21.0 Å². The highest BCUT2D eigenvalue weighted by Gasteiger charge is 2.14. The Morgan fingerprint density at radius 2 is 2.29 bits per heavy atom. The molecule has 0 amide bonds. The summed E-state index contributed by atoms with van der Waals surface area (Å²) < 4.78 is 0. The molecule has 5 heteroatoms. The van der Waals surface area contributed by atoms with E-state index in [1.807, 2.05) is 13.8 Å². The van der Waals surface area contributed by atoms with E-state index in [-0.39, 0.29) is 17.2 Å². The maximum absolute atomic E-state index is 10.7. The van der Waals surface area contributed by atoms with E-state index in [4.69, 9.17) is 10.4 Å². The van der Waals surface area contributed by atoms with Crippen LogP contribution in [0.1, 0.15) is 41.6 Å². The third-order valence-electron chi connectivity index (χ3n) is 1.65. The smallest absolute Gasteiger partial charge is 0.356 e. The zero-order chi connectivity index (χ0) is 10.7. The number of nitrogens with zero attached hydrogens (tertiary/aromatic N) is 3. The molecule has 0 saturated heterocycles. The van der Waals surface area contributed by atoms with Gasteiger partial charge in [0.1, 0.15) is 17.5 Å². The Bertz CT molecular complexity index is 407. The largest absolute Gasteiger partial charge is 0.476 e. The monoisotopic (exact) mass is 191 g/mol. The summed E-state index contributed by atoms with van der Waals surface area (Å²) in [6.45, 7) is 3.71. The summed E-state index contributed by atoms with van der Waals surface area (Å²) in [4.78, 5) is 18.4. The van der Waals surface area contributed by atoms with Crippen molar-refractivity contribution in [2.24, 2.45) is 0 Å². The minimum atomic E-state index is -1.20. The molecule has 5 nitrogen and oxygen atoms in total. The van der Waals surface area contributed by atoms with Gasteiger partial charge in [0.05, 0.1) is 0 Å². The molecule has 0 radical (unpaired) electrons. The molecular weight excluding hydrogens is 182 g/mol. The first-order chi connectivity index (χ1) is 6.56. The summed E-state index contributed by atoms with van der Waals surface area (Å²) in [6, 6.07) is 1.74. The molecule has 0 aliphatic rings. The van der Waals surface area contributed by atoms with E-state index in [1.54, 1.807) is 6.07 Å². The van der Waals surface area contributed by atoms with Crippen molar-refractivity contribution in [2.45, 2.75) is 19.8 Å². The minimum Gasteiger partial charge on any atom is -0.476 e. The van der Waals surface area contributed by atoms with Crippen LogP contribution in [0.5, 0.6) is 0 Å². The number of nitriles is 1. The van der Waals surface area contributed by atoms with Crippen molar-refractivity contribution in [1.29, 1.82) is 5.26 Å². The molecule has 0 atom stereocenters. The standard InChI is InChI=1S/C9H9N3O2/c1-5(2)8-11-4-6(3-10)7(12-8)9(13)14/h4-5H,1-2H3,(H,13,14). The maximum Gasteiger partial charge on any atom is 0.356 e. The Hall–Kier alpha value is -1.96. The Balaban J connectivity index is 3.30. The number of carboxylic acid groups (broad SMARTS) is 1. The number of hydrogen-bond acceptors (Lipinski definition) is 4. The molecule has 0 aliphatic heterocycles. The van der Waals surface area contributed by atoms with Crippen molar-refractivity contribution >= 4 is 5.97 Å². The molecule has 0 aromatic carbocycles. The average Bonchev–Trinajstić information content (AvgIpc) is 2.16. The highest BCUT2D eigenvalue weighted by molar-refractivity contribution is 5.88. The maximum atomic E-state index is 10.7. The Morgan fingerprint density at radius 3 is 2.71 bits per heavy atom. The average molecular weight is 191 g/mol. The summed E-state index contributed by atoms with van der Waals surface area (Å²) in [5.74, 6) is -0.729. The van der Waals surface area contributed by atoms with Crippen molar-refractivity contribution in [3.05, 3.63) is 23.3 Å². The number of aromatic nitrogens is 2. The van der Waals surface area contributed by atoms with Crippen LogP contribution in [0.4, 0.5) is 0 Å². The lowest BCUT2D eigenvalue weighted by Gasteiger charge is -2.04. The normalized spacial score (nSPS) is 9.86. The molecule has 1 N–H and O–H groups in total. The summed E-state index contributed by atoms with van der Waals surface area (Å²) in [5.41, 5.74) is -0.242. The van der Waals surface area contributed by atoms with Gasteiger partial charge >= 0.3 is 5.97 Å². The molecule has 1 aromatic rings. The number of carboxylic acids is 1. The summed E-state index contributed by atoms with van der Waals surface area (Å²) in [7, 11) is 0. The number of rotatable bonds is 2. The lowest BCUT2D eigenvalue weighted by molar-refractivity contribution is 0.0689. The van der Waals surface area contributed by atoms with Crippen molar-refractivity contribution in [3.8, 4) is 6.07 Å². The van der Waals surface area contributed by atoms with Gasteiger partial charge in [0.25, 0.3) is 0 Å². The van der Waals surface area contributed by atoms with Crippen LogP contribution in [0.3, 0.4) is 0 Å². The molecule has 1 aromatic heterocycles. The van der Waals surface area contributed by atoms with Crippen LogP contribution in [0, 0.1) is 11.3 Å². The molecule has 0 saturated carbocycles. The SMILES string of the molecule is CC(C)c1ncc(C#N)c(C(=O)O)n1. The molecule has 72 valence electrons. The summed E-state index contributed by atoms with van der Waals surface area (Å²) in [5, 5.41) is 17.4. The van der Waals surface area contributed by atoms with Crippen molar-refractivity contribution in [3.63, 3.8) is 0 Å². The Morgan fingerprint density at radius 1 is 1.64 bits per heavy atom. The first-order valence-electron chi connectivity index (χ1n) is 4.06. The zero-order valence-corrected chi connectivity index (χ0v) is 7.85. The van der Waals surface area contributed by atoms with E-state index in [2.05, 4.69) is 9.97 Å². The fourth-order valence-electron chi connectivity index (χ4n) is 0.918. The first-order valence-corrected chi connectivity index (χ1v) is 4.06. The lowest BCUT2D eigenvalue weighted by atomic mass is 10.2. The number of aromatic carboxylic acids is 1.